The third-order valence-electron chi connectivity index (χ3n) is 4.14. The number of carbonyl (C=O) groups is 1. The number of aryl methyl sites for hydroxylation is 1. The highest BCUT2D eigenvalue weighted by molar-refractivity contribution is 5.84. The predicted molar refractivity (Wildman–Crippen MR) is 102 cm³/mol. The topological polar surface area (TPSA) is 44.9 Å². The lowest BCUT2D eigenvalue weighted by molar-refractivity contribution is -0.120. The van der Waals surface area contributed by atoms with Crippen LogP contribution in [0.4, 0.5) is 0 Å². The molecule has 0 atom stereocenters. The number of hydrogen-bond acceptors (Lipinski definition) is 1. The van der Waals surface area contributed by atoms with Gasteiger partial charge >= 0.3 is 0 Å². The van der Waals surface area contributed by atoms with E-state index in [2.05, 4.69) is 55.4 Å². The average Bonchev–Trinajstić information content (AvgIpc) is 2.96. The Morgan fingerprint density at radius 2 is 1.92 bits per heavy atom. The summed E-state index contributed by atoms with van der Waals surface area (Å²) in [4.78, 5) is 15.3. The highest BCUT2D eigenvalue weighted by Crippen LogP contribution is 2.18. The zero-order valence-electron chi connectivity index (χ0n) is 15.0. The number of nitrogens with one attached hydrogen (secondary N) is 2. The van der Waals surface area contributed by atoms with Crippen molar-refractivity contribution in [3.8, 4) is 0 Å². The second-order valence-electron chi connectivity index (χ2n) is 6.53. The molecule has 2 N–H and O–H groups in total. The van der Waals surface area contributed by atoms with Crippen LogP contribution in [-0.4, -0.2) is 17.4 Å². The average molecular weight is 324 g/mol. The SMILES string of the molecule is CC(C)=CCC/C(C)=C/CNC(=O)CCc1c[nH]c2ccccc12. The number of carbonyl (C=O) groups excluding carboxylic acids is 1. The van der Waals surface area contributed by atoms with Crippen LogP contribution >= 0.6 is 0 Å². The summed E-state index contributed by atoms with van der Waals surface area (Å²) in [6.07, 6.45) is 9.77. The van der Waals surface area contributed by atoms with Crippen LogP contribution in [0.15, 0.2) is 53.8 Å². The molecular formula is C21H28N2O. The van der Waals surface area contributed by atoms with E-state index in [0.29, 0.717) is 13.0 Å². The molecule has 1 heterocycles. The van der Waals surface area contributed by atoms with Crippen LogP contribution in [0.2, 0.25) is 0 Å². The highest BCUT2D eigenvalue weighted by Gasteiger charge is 2.06. The molecule has 2 rings (SSSR count). The van der Waals surface area contributed by atoms with Gasteiger partial charge in [0.15, 0.2) is 0 Å². The molecule has 2 aromatic rings. The van der Waals surface area contributed by atoms with E-state index in [0.717, 1.165) is 24.8 Å². The molecule has 0 aliphatic heterocycles. The number of allylic oxidation sites excluding steroid dienone is 3. The lowest BCUT2D eigenvalue weighted by Crippen LogP contribution is -2.23. The van der Waals surface area contributed by atoms with Crippen molar-refractivity contribution < 1.29 is 4.79 Å². The number of benzene rings is 1. The van der Waals surface area contributed by atoms with Gasteiger partial charge in [0.2, 0.25) is 5.91 Å². The van der Waals surface area contributed by atoms with E-state index in [9.17, 15) is 4.79 Å². The van der Waals surface area contributed by atoms with E-state index < -0.39 is 0 Å². The van der Waals surface area contributed by atoms with Crippen LogP contribution in [0.5, 0.6) is 0 Å². The van der Waals surface area contributed by atoms with Gasteiger partial charge in [0, 0.05) is 30.1 Å². The minimum absolute atomic E-state index is 0.105. The standard InChI is InChI=1S/C21H28N2O/c1-16(2)7-6-8-17(3)13-14-22-21(24)12-11-18-15-23-20-10-5-4-9-19(18)20/h4-5,7,9-10,13,15,23H,6,8,11-12,14H2,1-3H3,(H,22,24)/b17-13+. The second-order valence-corrected chi connectivity index (χ2v) is 6.53. The Hall–Kier alpha value is -2.29. The number of fused-ring (bicyclic) bond motifs is 1. The van der Waals surface area contributed by atoms with Crippen molar-refractivity contribution in [3.63, 3.8) is 0 Å². The molecule has 24 heavy (non-hydrogen) atoms. The molecule has 0 aliphatic carbocycles. The molecule has 0 saturated carbocycles. The Kier molecular flexibility index (Phi) is 6.86. The number of para-hydroxylation sites is 1. The van der Waals surface area contributed by atoms with Crippen LogP contribution in [0.3, 0.4) is 0 Å². The fourth-order valence-electron chi connectivity index (χ4n) is 2.70. The Morgan fingerprint density at radius 3 is 2.71 bits per heavy atom. The Morgan fingerprint density at radius 1 is 1.12 bits per heavy atom. The van der Waals surface area contributed by atoms with Crippen molar-refractivity contribution in [3.05, 3.63) is 59.3 Å². The van der Waals surface area contributed by atoms with Gasteiger partial charge in [-0.3, -0.25) is 4.79 Å². The fraction of sp³-hybridized carbons (Fsp3) is 0.381. The summed E-state index contributed by atoms with van der Waals surface area (Å²) in [5.41, 5.74) is 5.01. The summed E-state index contributed by atoms with van der Waals surface area (Å²) in [5, 5.41) is 4.19. The number of amides is 1. The summed E-state index contributed by atoms with van der Waals surface area (Å²) < 4.78 is 0. The molecule has 0 radical (unpaired) electrons. The van der Waals surface area contributed by atoms with E-state index in [1.807, 2.05) is 18.3 Å². The van der Waals surface area contributed by atoms with Gasteiger partial charge in [0.1, 0.15) is 0 Å². The Bertz CT molecular complexity index is 733. The van der Waals surface area contributed by atoms with Crippen molar-refractivity contribution in [1.29, 1.82) is 0 Å². The first-order valence-electron chi connectivity index (χ1n) is 8.67. The molecule has 1 aromatic carbocycles. The van der Waals surface area contributed by atoms with Gasteiger partial charge in [-0.2, -0.15) is 0 Å². The maximum absolute atomic E-state index is 12.0. The number of aromatic nitrogens is 1. The summed E-state index contributed by atoms with van der Waals surface area (Å²) in [7, 11) is 0. The molecule has 1 amide bonds. The van der Waals surface area contributed by atoms with Gasteiger partial charge in [0.25, 0.3) is 0 Å². The minimum Gasteiger partial charge on any atom is -0.361 e. The van der Waals surface area contributed by atoms with Crippen LogP contribution < -0.4 is 5.32 Å². The number of H-pyrrole nitrogens is 1. The zero-order chi connectivity index (χ0) is 17.4. The van der Waals surface area contributed by atoms with E-state index >= 15 is 0 Å². The third kappa shape index (κ3) is 5.73. The van der Waals surface area contributed by atoms with Crippen molar-refractivity contribution in [2.45, 2.75) is 46.5 Å². The molecular weight excluding hydrogens is 296 g/mol. The van der Waals surface area contributed by atoms with Gasteiger partial charge in [-0.05, 0) is 51.7 Å². The lowest BCUT2D eigenvalue weighted by atomic mass is 10.1. The monoisotopic (exact) mass is 324 g/mol. The molecule has 0 unspecified atom stereocenters. The number of aromatic amines is 1. The van der Waals surface area contributed by atoms with Gasteiger partial charge in [-0.25, -0.2) is 0 Å². The highest BCUT2D eigenvalue weighted by atomic mass is 16.1. The molecule has 1 aromatic heterocycles. The molecule has 0 spiro atoms. The molecule has 0 saturated heterocycles. The third-order valence-corrected chi connectivity index (χ3v) is 4.14. The zero-order valence-corrected chi connectivity index (χ0v) is 15.0. The van der Waals surface area contributed by atoms with Crippen molar-refractivity contribution in [1.82, 2.24) is 10.3 Å². The first-order valence-corrected chi connectivity index (χ1v) is 8.67. The molecule has 128 valence electrons. The van der Waals surface area contributed by atoms with Gasteiger partial charge in [0.05, 0.1) is 0 Å². The van der Waals surface area contributed by atoms with Gasteiger partial charge in [-0.15, -0.1) is 0 Å². The number of rotatable bonds is 8. The van der Waals surface area contributed by atoms with Gasteiger partial charge in [-0.1, -0.05) is 41.5 Å². The number of hydrogen-bond donors (Lipinski definition) is 2. The minimum atomic E-state index is 0.105. The van der Waals surface area contributed by atoms with Crippen molar-refractivity contribution >= 4 is 16.8 Å². The molecule has 3 heteroatoms. The van der Waals surface area contributed by atoms with Crippen molar-refractivity contribution in [2.75, 3.05) is 6.54 Å². The maximum Gasteiger partial charge on any atom is 0.220 e. The van der Waals surface area contributed by atoms with E-state index in [1.165, 1.54) is 22.1 Å². The van der Waals surface area contributed by atoms with Crippen LogP contribution in [0, 0.1) is 0 Å². The lowest BCUT2D eigenvalue weighted by Gasteiger charge is -2.04. The first-order chi connectivity index (χ1) is 11.6. The van der Waals surface area contributed by atoms with Crippen LogP contribution in [-0.2, 0) is 11.2 Å². The normalized spacial score (nSPS) is 11.5. The Balaban J connectivity index is 1.72. The van der Waals surface area contributed by atoms with Crippen molar-refractivity contribution in [2.24, 2.45) is 0 Å². The predicted octanol–water partition coefficient (Wildman–Crippen LogP) is 4.91. The molecule has 0 fully saturated rings. The second kappa shape index (κ2) is 9.11. The summed E-state index contributed by atoms with van der Waals surface area (Å²) >= 11 is 0. The fourth-order valence-corrected chi connectivity index (χ4v) is 2.70. The maximum atomic E-state index is 12.0. The summed E-state index contributed by atoms with van der Waals surface area (Å²) in [6.45, 7) is 6.98. The molecule has 3 nitrogen and oxygen atoms in total. The summed E-state index contributed by atoms with van der Waals surface area (Å²) in [5.74, 6) is 0.105. The summed E-state index contributed by atoms with van der Waals surface area (Å²) in [6, 6.07) is 8.20. The van der Waals surface area contributed by atoms with E-state index in [4.69, 9.17) is 0 Å². The quantitative estimate of drug-likeness (QED) is 0.666. The van der Waals surface area contributed by atoms with E-state index in [-0.39, 0.29) is 5.91 Å². The van der Waals surface area contributed by atoms with Gasteiger partial charge < -0.3 is 10.3 Å². The van der Waals surface area contributed by atoms with E-state index in [1.54, 1.807) is 0 Å². The first kappa shape index (κ1) is 18.1. The van der Waals surface area contributed by atoms with Crippen LogP contribution in [0.1, 0.15) is 45.6 Å². The Labute approximate surface area is 144 Å². The molecule has 0 aliphatic rings. The smallest absolute Gasteiger partial charge is 0.220 e. The largest absolute Gasteiger partial charge is 0.361 e. The molecule has 0 bridgehead atoms. The van der Waals surface area contributed by atoms with Crippen LogP contribution in [0.25, 0.3) is 10.9 Å².